The van der Waals surface area contributed by atoms with E-state index in [1.165, 1.54) is 5.69 Å². The van der Waals surface area contributed by atoms with Crippen molar-refractivity contribution >= 4 is 0 Å². The van der Waals surface area contributed by atoms with Crippen molar-refractivity contribution in [3.05, 3.63) is 36.2 Å². The number of aromatic nitrogens is 4. The van der Waals surface area contributed by atoms with Crippen molar-refractivity contribution in [1.29, 1.82) is 0 Å². The summed E-state index contributed by atoms with van der Waals surface area (Å²) in [5.41, 5.74) is 1.21. The molecule has 2 heterocycles. The van der Waals surface area contributed by atoms with Gasteiger partial charge in [-0.2, -0.15) is 5.10 Å². The molecule has 1 N–H and O–H groups in total. The molecule has 5 nitrogen and oxygen atoms in total. The lowest BCUT2D eigenvalue weighted by molar-refractivity contribution is 0.554. The van der Waals surface area contributed by atoms with E-state index in [0.29, 0.717) is 0 Å². The molecule has 86 valence electrons. The molecule has 2 aromatic rings. The molecule has 0 radical (unpaired) electrons. The lowest BCUT2D eigenvalue weighted by Crippen LogP contribution is -2.14. The summed E-state index contributed by atoms with van der Waals surface area (Å²) in [5.74, 6) is 1.09. The van der Waals surface area contributed by atoms with Crippen LogP contribution in [-0.4, -0.2) is 26.4 Å². The van der Waals surface area contributed by atoms with Crippen LogP contribution in [0.3, 0.4) is 0 Å². The van der Waals surface area contributed by atoms with Gasteiger partial charge in [0.15, 0.2) is 0 Å². The molecule has 2 aromatic heterocycles. The Balaban J connectivity index is 1.99. The van der Waals surface area contributed by atoms with E-state index < -0.39 is 0 Å². The van der Waals surface area contributed by atoms with Gasteiger partial charge >= 0.3 is 0 Å². The molecule has 0 aliphatic heterocycles. The fourth-order valence-electron chi connectivity index (χ4n) is 1.74. The molecule has 0 saturated carbocycles. The third-order valence-electron chi connectivity index (χ3n) is 2.63. The van der Waals surface area contributed by atoms with Crippen molar-refractivity contribution in [2.45, 2.75) is 19.5 Å². The molecule has 0 amide bonds. The Labute approximate surface area is 95.1 Å². The van der Waals surface area contributed by atoms with Gasteiger partial charge in [0.1, 0.15) is 5.82 Å². The second kappa shape index (κ2) is 4.94. The molecule has 0 spiro atoms. The molecule has 0 bridgehead atoms. The first-order chi connectivity index (χ1) is 7.81. The monoisotopic (exact) mass is 219 g/mol. The minimum Gasteiger partial charge on any atom is -0.338 e. The molecule has 0 atom stereocenters. The maximum absolute atomic E-state index is 4.30. The molecule has 16 heavy (non-hydrogen) atoms. The van der Waals surface area contributed by atoms with Crippen molar-refractivity contribution in [2.24, 2.45) is 7.05 Å². The molecule has 0 aromatic carbocycles. The summed E-state index contributed by atoms with van der Waals surface area (Å²) in [7, 11) is 3.95. The number of hydrogen-bond acceptors (Lipinski definition) is 3. The lowest BCUT2D eigenvalue weighted by atomic mass is 10.3. The van der Waals surface area contributed by atoms with E-state index in [4.69, 9.17) is 0 Å². The zero-order chi connectivity index (χ0) is 11.4. The highest BCUT2D eigenvalue weighted by molar-refractivity contribution is 5.00. The summed E-state index contributed by atoms with van der Waals surface area (Å²) < 4.78 is 4.06. The number of rotatable bonds is 5. The predicted molar refractivity (Wildman–Crippen MR) is 61.9 cm³/mol. The van der Waals surface area contributed by atoms with E-state index in [0.717, 1.165) is 25.3 Å². The van der Waals surface area contributed by atoms with Crippen LogP contribution < -0.4 is 5.32 Å². The van der Waals surface area contributed by atoms with Gasteiger partial charge in [0, 0.05) is 45.1 Å². The summed E-state index contributed by atoms with van der Waals surface area (Å²) in [6.45, 7) is 1.72. The first kappa shape index (κ1) is 10.9. The average Bonchev–Trinajstić information content (AvgIpc) is 2.86. The Bertz CT molecular complexity index is 443. The van der Waals surface area contributed by atoms with Crippen molar-refractivity contribution in [3.63, 3.8) is 0 Å². The van der Waals surface area contributed by atoms with Crippen molar-refractivity contribution in [2.75, 3.05) is 7.05 Å². The predicted octanol–water partition coefficient (Wildman–Crippen LogP) is 0.579. The van der Waals surface area contributed by atoms with E-state index in [-0.39, 0.29) is 0 Å². The Hall–Kier alpha value is -1.62. The summed E-state index contributed by atoms with van der Waals surface area (Å²) in [6.07, 6.45) is 6.53. The quantitative estimate of drug-likeness (QED) is 0.800. The van der Waals surface area contributed by atoms with Crippen molar-refractivity contribution in [3.8, 4) is 0 Å². The number of nitrogens with zero attached hydrogens (tertiary/aromatic N) is 4. The molecule has 0 aliphatic carbocycles. The summed E-state index contributed by atoms with van der Waals surface area (Å²) in [5, 5.41) is 7.44. The van der Waals surface area contributed by atoms with Gasteiger partial charge in [0.05, 0.1) is 5.69 Å². The summed E-state index contributed by atoms with van der Waals surface area (Å²) in [6, 6.07) is 2.04. The third kappa shape index (κ3) is 2.30. The van der Waals surface area contributed by atoms with Gasteiger partial charge in [-0.25, -0.2) is 4.98 Å². The maximum Gasteiger partial charge on any atom is 0.110 e. The molecular weight excluding hydrogens is 202 g/mol. The second-order valence-electron chi connectivity index (χ2n) is 3.78. The molecule has 0 aliphatic rings. The zero-order valence-electron chi connectivity index (χ0n) is 9.72. The number of hydrogen-bond donors (Lipinski definition) is 1. The van der Waals surface area contributed by atoms with Crippen LogP contribution in [-0.2, 0) is 26.6 Å². The highest BCUT2D eigenvalue weighted by Gasteiger charge is 2.03. The van der Waals surface area contributed by atoms with Crippen LogP contribution in [0.5, 0.6) is 0 Å². The first-order valence-electron chi connectivity index (χ1n) is 5.42. The van der Waals surface area contributed by atoms with E-state index in [1.54, 1.807) is 0 Å². The minimum atomic E-state index is 0.848. The minimum absolute atomic E-state index is 0.848. The van der Waals surface area contributed by atoms with Gasteiger partial charge in [0.25, 0.3) is 0 Å². The van der Waals surface area contributed by atoms with Crippen LogP contribution in [0, 0.1) is 0 Å². The zero-order valence-corrected chi connectivity index (χ0v) is 9.72. The molecule has 2 rings (SSSR count). The number of imidazole rings is 1. The molecule has 0 unspecified atom stereocenters. The Kier molecular flexibility index (Phi) is 3.36. The van der Waals surface area contributed by atoms with Gasteiger partial charge in [-0.1, -0.05) is 0 Å². The summed E-state index contributed by atoms with van der Waals surface area (Å²) >= 11 is 0. The third-order valence-corrected chi connectivity index (χ3v) is 2.63. The number of aryl methyl sites for hydroxylation is 3. The van der Waals surface area contributed by atoms with E-state index >= 15 is 0 Å². The van der Waals surface area contributed by atoms with Gasteiger partial charge in [-0.3, -0.25) is 4.68 Å². The fraction of sp³-hybridized carbons (Fsp3) is 0.455. The molecular formula is C11H17N5. The molecule has 5 heteroatoms. The Morgan fingerprint density at radius 3 is 2.94 bits per heavy atom. The van der Waals surface area contributed by atoms with Gasteiger partial charge in [0.2, 0.25) is 0 Å². The molecule has 0 fully saturated rings. The Morgan fingerprint density at radius 1 is 1.38 bits per heavy atom. The number of nitrogens with one attached hydrogen (secondary N) is 1. The summed E-state index contributed by atoms with van der Waals surface area (Å²) in [4.78, 5) is 4.30. The topological polar surface area (TPSA) is 47.7 Å². The van der Waals surface area contributed by atoms with Crippen LogP contribution in [0.25, 0.3) is 0 Å². The van der Waals surface area contributed by atoms with Gasteiger partial charge < -0.3 is 9.88 Å². The van der Waals surface area contributed by atoms with Crippen LogP contribution in [0.1, 0.15) is 11.5 Å². The smallest absolute Gasteiger partial charge is 0.110 e. The van der Waals surface area contributed by atoms with Gasteiger partial charge in [-0.15, -0.1) is 0 Å². The van der Waals surface area contributed by atoms with E-state index in [1.807, 2.05) is 48.0 Å². The van der Waals surface area contributed by atoms with Crippen LogP contribution >= 0.6 is 0 Å². The standard InChI is InChI=1S/C11H17N5/c1-12-9-10-3-5-14-16(10)7-4-11-13-6-8-15(11)2/h3,5-6,8,12H,4,7,9H2,1-2H3. The van der Waals surface area contributed by atoms with Crippen LogP contribution in [0.4, 0.5) is 0 Å². The van der Waals surface area contributed by atoms with Crippen LogP contribution in [0.2, 0.25) is 0 Å². The second-order valence-corrected chi connectivity index (χ2v) is 3.78. The lowest BCUT2D eigenvalue weighted by Gasteiger charge is -2.07. The Morgan fingerprint density at radius 2 is 2.25 bits per heavy atom. The highest BCUT2D eigenvalue weighted by atomic mass is 15.3. The normalized spacial score (nSPS) is 10.9. The SMILES string of the molecule is CNCc1ccnn1CCc1nccn1C. The van der Waals surface area contributed by atoms with E-state index in [2.05, 4.69) is 15.4 Å². The highest BCUT2D eigenvalue weighted by Crippen LogP contribution is 2.02. The maximum atomic E-state index is 4.30. The van der Waals surface area contributed by atoms with Crippen molar-refractivity contribution < 1.29 is 0 Å². The fourth-order valence-corrected chi connectivity index (χ4v) is 1.74. The molecule has 0 saturated heterocycles. The van der Waals surface area contributed by atoms with Crippen LogP contribution in [0.15, 0.2) is 24.7 Å². The first-order valence-corrected chi connectivity index (χ1v) is 5.42. The van der Waals surface area contributed by atoms with Crippen molar-refractivity contribution in [1.82, 2.24) is 24.6 Å². The van der Waals surface area contributed by atoms with Gasteiger partial charge in [-0.05, 0) is 13.1 Å². The average molecular weight is 219 g/mol. The van der Waals surface area contributed by atoms with E-state index in [9.17, 15) is 0 Å². The largest absolute Gasteiger partial charge is 0.338 e.